The molecule has 0 fully saturated rings. The van der Waals surface area contributed by atoms with Crippen molar-refractivity contribution < 1.29 is 9.26 Å². The first kappa shape index (κ1) is 11.2. The van der Waals surface area contributed by atoms with Crippen LogP contribution in [0, 0.1) is 0 Å². The van der Waals surface area contributed by atoms with Gasteiger partial charge in [-0.1, -0.05) is 24.4 Å². The molecular weight excluding hydrogens is 178 g/mol. The highest BCUT2D eigenvalue weighted by molar-refractivity contribution is 4.94. The van der Waals surface area contributed by atoms with E-state index >= 15 is 0 Å². The first-order valence-corrected chi connectivity index (χ1v) is 5.31. The molecule has 0 aliphatic rings. The lowest BCUT2D eigenvalue weighted by Gasteiger charge is -1.99. The van der Waals surface area contributed by atoms with E-state index in [0.29, 0.717) is 0 Å². The highest BCUT2D eigenvalue weighted by Gasteiger charge is 1.96. The largest absolute Gasteiger partial charge is 0.385 e. The molecule has 1 rings (SSSR count). The summed E-state index contributed by atoms with van der Waals surface area (Å²) in [6, 6.07) is 1.94. The van der Waals surface area contributed by atoms with E-state index < -0.39 is 0 Å². The molecule has 0 N–H and O–H groups in total. The average Bonchev–Trinajstić information content (AvgIpc) is 2.69. The third-order valence-electron chi connectivity index (χ3n) is 2.27. The standard InChI is InChI=1S/C11H19NO2/c1-13-9-6-4-2-3-5-7-11-8-10-14-12-11/h8,10H,2-7,9H2,1H3. The summed E-state index contributed by atoms with van der Waals surface area (Å²) in [4.78, 5) is 0. The van der Waals surface area contributed by atoms with Crippen LogP contribution in [-0.2, 0) is 11.2 Å². The number of rotatable bonds is 8. The Morgan fingerprint density at radius 3 is 2.71 bits per heavy atom. The number of aromatic nitrogens is 1. The van der Waals surface area contributed by atoms with Crippen LogP contribution in [0.2, 0.25) is 0 Å². The molecule has 0 saturated heterocycles. The molecule has 0 saturated carbocycles. The van der Waals surface area contributed by atoms with Crippen molar-refractivity contribution >= 4 is 0 Å². The van der Waals surface area contributed by atoms with Crippen molar-refractivity contribution in [1.29, 1.82) is 0 Å². The van der Waals surface area contributed by atoms with Gasteiger partial charge >= 0.3 is 0 Å². The molecule has 0 atom stereocenters. The number of unbranched alkanes of at least 4 members (excludes halogenated alkanes) is 4. The van der Waals surface area contributed by atoms with Gasteiger partial charge in [-0.25, -0.2) is 0 Å². The van der Waals surface area contributed by atoms with Gasteiger partial charge in [0.15, 0.2) is 0 Å². The zero-order valence-electron chi connectivity index (χ0n) is 8.87. The Labute approximate surface area is 85.4 Å². The van der Waals surface area contributed by atoms with Crippen LogP contribution >= 0.6 is 0 Å². The average molecular weight is 197 g/mol. The third kappa shape index (κ3) is 5.02. The van der Waals surface area contributed by atoms with Gasteiger partial charge in [0.1, 0.15) is 6.26 Å². The molecule has 3 nitrogen and oxygen atoms in total. The van der Waals surface area contributed by atoms with Gasteiger partial charge in [-0.3, -0.25) is 0 Å². The number of ether oxygens (including phenoxy) is 1. The van der Waals surface area contributed by atoms with E-state index in [9.17, 15) is 0 Å². The van der Waals surface area contributed by atoms with E-state index in [2.05, 4.69) is 5.16 Å². The maximum Gasteiger partial charge on any atom is 0.124 e. The highest BCUT2D eigenvalue weighted by atomic mass is 16.5. The summed E-state index contributed by atoms with van der Waals surface area (Å²) in [5, 5.41) is 3.87. The van der Waals surface area contributed by atoms with Gasteiger partial charge in [-0.15, -0.1) is 0 Å². The van der Waals surface area contributed by atoms with E-state index in [0.717, 1.165) is 18.7 Å². The third-order valence-corrected chi connectivity index (χ3v) is 2.27. The maximum atomic E-state index is 4.98. The second-order valence-corrected chi connectivity index (χ2v) is 3.50. The van der Waals surface area contributed by atoms with Crippen LogP contribution in [0.1, 0.15) is 37.8 Å². The lowest BCUT2D eigenvalue weighted by Crippen LogP contribution is -1.89. The molecule has 3 heteroatoms. The Kier molecular flexibility index (Phi) is 6.07. The fourth-order valence-corrected chi connectivity index (χ4v) is 1.45. The van der Waals surface area contributed by atoms with Crippen LogP contribution in [-0.4, -0.2) is 18.9 Å². The van der Waals surface area contributed by atoms with E-state index in [1.807, 2.05) is 6.07 Å². The monoisotopic (exact) mass is 197 g/mol. The van der Waals surface area contributed by atoms with Crippen LogP contribution in [0.25, 0.3) is 0 Å². The highest BCUT2D eigenvalue weighted by Crippen LogP contribution is 2.07. The fraction of sp³-hybridized carbons (Fsp3) is 0.727. The maximum absolute atomic E-state index is 4.98. The van der Waals surface area contributed by atoms with E-state index in [1.165, 1.54) is 32.1 Å². The van der Waals surface area contributed by atoms with Crippen molar-refractivity contribution in [2.45, 2.75) is 38.5 Å². The van der Waals surface area contributed by atoms with Gasteiger partial charge < -0.3 is 9.26 Å². The molecule has 0 bridgehead atoms. The summed E-state index contributed by atoms with van der Waals surface area (Å²) >= 11 is 0. The molecule has 0 radical (unpaired) electrons. The number of aryl methyl sites for hydroxylation is 1. The summed E-state index contributed by atoms with van der Waals surface area (Å²) in [5.74, 6) is 0. The molecule has 0 aromatic carbocycles. The molecule has 0 aliphatic carbocycles. The molecular formula is C11H19NO2. The second kappa shape index (κ2) is 7.56. The summed E-state index contributed by atoms with van der Waals surface area (Å²) in [7, 11) is 1.75. The van der Waals surface area contributed by atoms with Crippen LogP contribution in [0.15, 0.2) is 16.9 Å². The SMILES string of the molecule is COCCCCCCCc1ccon1. The predicted octanol–water partition coefficient (Wildman–Crippen LogP) is 2.81. The van der Waals surface area contributed by atoms with Crippen molar-refractivity contribution in [3.63, 3.8) is 0 Å². The van der Waals surface area contributed by atoms with Gasteiger partial charge in [0.2, 0.25) is 0 Å². The number of nitrogens with zero attached hydrogens (tertiary/aromatic N) is 1. The quantitative estimate of drug-likeness (QED) is 0.601. The molecule has 1 aromatic rings. The van der Waals surface area contributed by atoms with Crippen molar-refractivity contribution in [2.75, 3.05) is 13.7 Å². The Balaban J connectivity index is 1.85. The summed E-state index contributed by atoms with van der Waals surface area (Å²) in [6.07, 6.45) is 8.90. The van der Waals surface area contributed by atoms with E-state index in [1.54, 1.807) is 13.4 Å². The molecule has 0 unspecified atom stereocenters. The van der Waals surface area contributed by atoms with Crippen LogP contribution in [0.3, 0.4) is 0 Å². The van der Waals surface area contributed by atoms with Gasteiger partial charge in [0.25, 0.3) is 0 Å². The van der Waals surface area contributed by atoms with E-state index in [4.69, 9.17) is 9.26 Å². The fourth-order valence-electron chi connectivity index (χ4n) is 1.45. The molecule has 0 amide bonds. The molecule has 1 aromatic heterocycles. The molecule has 14 heavy (non-hydrogen) atoms. The van der Waals surface area contributed by atoms with Crippen LogP contribution in [0.4, 0.5) is 0 Å². The second-order valence-electron chi connectivity index (χ2n) is 3.50. The van der Waals surface area contributed by atoms with E-state index in [-0.39, 0.29) is 0 Å². The van der Waals surface area contributed by atoms with Crippen LogP contribution in [0.5, 0.6) is 0 Å². The Morgan fingerprint density at radius 1 is 1.21 bits per heavy atom. The topological polar surface area (TPSA) is 35.3 Å². The number of hydrogen-bond acceptors (Lipinski definition) is 3. The zero-order valence-corrected chi connectivity index (χ0v) is 8.87. The van der Waals surface area contributed by atoms with Gasteiger partial charge in [0, 0.05) is 19.8 Å². The molecule has 80 valence electrons. The van der Waals surface area contributed by atoms with Crippen molar-refractivity contribution in [3.05, 3.63) is 18.0 Å². The lowest BCUT2D eigenvalue weighted by molar-refractivity contribution is 0.192. The molecule has 0 spiro atoms. The first-order chi connectivity index (χ1) is 6.93. The normalized spacial score (nSPS) is 10.6. The van der Waals surface area contributed by atoms with Crippen molar-refractivity contribution in [3.8, 4) is 0 Å². The summed E-state index contributed by atoms with van der Waals surface area (Å²) in [5.41, 5.74) is 1.07. The number of methoxy groups -OCH3 is 1. The Bertz CT molecular complexity index is 209. The Hall–Kier alpha value is -0.830. The summed E-state index contributed by atoms with van der Waals surface area (Å²) < 4.78 is 9.74. The smallest absolute Gasteiger partial charge is 0.124 e. The van der Waals surface area contributed by atoms with Crippen LogP contribution < -0.4 is 0 Å². The Morgan fingerprint density at radius 2 is 2.00 bits per heavy atom. The van der Waals surface area contributed by atoms with Crippen molar-refractivity contribution in [1.82, 2.24) is 5.16 Å². The predicted molar refractivity (Wildman–Crippen MR) is 55.2 cm³/mol. The lowest BCUT2D eigenvalue weighted by atomic mass is 10.1. The van der Waals surface area contributed by atoms with Gasteiger partial charge in [-0.2, -0.15) is 0 Å². The molecule has 0 aliphatic heterocycles. The number of hydrogen-bond donors (Lipinski definition) is 0. The minimum Gasteiger partial charge on any atom is -0.385 e. The van der Waals surface area contributed by atoms with Gasteiger partial charge in [-0.05, 0) is 19.3 Å². The first-order valence-electron chi connectivity index (χ1n) is 5.31. The van der Waals surface area contributed by atoms with Crippen molar-refractivity contribution in [2.24, 2.45) is 0 Å². The minimum absolute atomic E-state index is 0.892. The van der Waals surface area contributed by atoms with Gasteiger partial charge in [0.05, 0.1) is 5.69 Å². The minimum atomic E-state index is 0.892. The molecule has 1 heterocycles. The summed E-state index contributed by atoms with van der Waals surface area (Å²) in [6.45, 7) is 0.892. The zero-order chi connectivity index (χ0) is 10.1.